The summed E-state index contributed by atoms with van der Waals surface area (Å²) in [6.07, 6.45) is 20.6. The molecule has 5 aromatic rings. The number of hydrogen-bond donors (Lipinski definition) is 3. The zero-order valence-corrected chi connectivity index (χ0v) is 43.3. The van der Waals surface area contributed by atoms with Crippen LogP contribution in [0.5, 0.6) is 0 Å². The summed E-state index contributed by atoms with van der Waals surface area (Å²) in [5, 5.41) is 44.8. The topological polar surface area (TPSA) is 186 Å². The quantitative estimate of drug-likeness (QED) is 0.148. The van der Waals surface area contributed by atoms with Crippen LogP contribution in [0, 0.1) is 33.5 Å². The van der Waals surface area contributed by atoms with Crippen molar-refractivity contribution in [3.8, 4) is 0 Å². The molecule has 3 N–H and O–H groups in total. The van der Waals surface area contributed by atoms with Crippen LogP contribution < -0.4 is 0 Å². The van der Waals surface area contributed by atoms with Crippen molar-refractivity contribution in [3.63, 3.8) is 0 Å². The maximum absolute atomic E-state index is 4.22. The lowest BCUT2D eigenvalue weighted by atomic mass is 9.94. The summed E-state index contributed by atoms with van der Waals surface area (Å²) in [4.78, 5) is 0. The zero-order valence-electron chi connectivity index (χ0n) is 43.3. The van der Waals surface area contributed by atoms with Gasteiger partial charge in [-0.25, -0.2) is 0 Å². The zero-order chi connectivity index (χ0) is 48.0. The molecule has 0 unspecified atom stereocenters. The maximum Gasteiger partial charge on any atom is 0.0887 e. The lowest BCUT2D eigenvalue weighted by Crippen LogP contribution is -2.15. The highest BCUT2D eigenvalue weighted by atomic mass is 15.4. The fourth-order valence-electron chi connectivity index (χ4n) is 2.65. The third-order valence-electron chi connectivity index (χ3n) is 7.56. The van der Waals surface area contributed by atoms with Crippen molar-refractivity contribution in [1.82, 2.24) is 76.2 Å². The number of nitrogens with zero attached hydrogens (tertiary/aromatic N) is 12. The second-order valence-electron chi connectivity index (χ2n) is 20.2. The largest absolute Gasteiger partial charge is 0.252 e. The highest BCUT2D eigenvalue weighted by molar-refractivity contribution is 5.07. The molecule has 0 amide bonds. The van der Waals surface area contributed by atoms with Crippen LogP contribution >= 0.6 is 0 Å². The number of rotatable bonds is 6. The molecular formula is C48H103N15. The number of H-pyrrole nitrogens is 3. The molecule has 0 saturated carbocycles. The summed E-state index contributed by atoms with van der Waals surface area (Å²) in [5.41, 5.74) is 3.34. The van der Waals surface area contributed by atoms with Crippen LogP contribution in [-0.4, -0.2) is 76.2 Å². The van der Waals surface area contributed by atoms with Gasteiger partial charge in [0.05, 0.1) is 48.6 Å². The van der Waals surface area contributed by atoms with E-state index >= 15 is 0 Å². The first-order chi connectivity index (χ1) is 28.2. The third-order valence-corrected chi connectivity index (χ3v) is 7.56. The van der Waals surface area contributed by atoms with Gasteiger partial charge in [0.25, 0.3) is 0 Å². The molecule has 0 aromatic carbocycles. The predicted octanol–water partition coefficient (Wildman–Crippen LogP) is 13.6. The SMILES string of the molecule is C.C.CC(C)(C)Cn1cc(Cc2cn(CC(C)(C)C)nn2)nn1.CCC.CCC(C)(C)C.CCC(C)(C)C.CCC(C)C.CCC(C)C.c1cn[nH]n1.c1cn[nH]n1.c1cn[nH]n1. The summed E-state index contributed by atoms with van der Waals surface area (Å²) >= 11 is 0. The van der Waals surface area contributed by atoms with E-state index in [0.29, 0.717) is 17.3 Å². The van der Waals surface area contributed by atoms with Crippen molar-refractivity contribution in [2.24, 2.45) is 33.5 Å². The third kappa shape index (κ3) is 64.5. The minimum absolute atomic E-state index is 0. The smallest absolute Gasteiger partial charge is 0.0887 e. The minimum atomic E-state index is 0. The first kappa shape index (κ1) is 70.4. The lowest BCUT2D eigenvalue weighted by molar-refractivity contribution is 0.321. The van der Waals surface area contributed by atoms with Gasteiger partial charge in [0.2, 0.25) is 0 Å². The Kier molecular flexibility index (Phi) is 46.6. The van der Waals surface area contributed by atoms with E-state index in [1.807, 2.05) is 21.8 Å². The van der Waals surface area contributed by atoms with E-state index in [-0.39, 0.29) is 25.7 Å². The molecule has 0 spiro atoms. The number of hydrogen-bond acceptors (Lipinski definition) is 10. The molecular weight excluding hydrogens is 787 g/mol. The highest BCUT2D eigenvalue weighted by Crippen LogP contribution is 2.18. The van der Waals surface area contributed by atoms with E-state index < -0.39 is 0 Å². The van der Waals surface area contributed by atoms with E-state index in [1.165, 1.54) is 32.1 Å². The van der Waals surface area contributed by atoms with Gasteiger partial charge in [0.15, 0.2) is 0 Å². The molecule has 15 heteroatoms. The van der Waals surface area contributed by atoms with Gasteiger partial charge in [0, 0.05) is 31.9 Å². The van der Waals surface area contributed by atoms with E-state index in [9.17, 15) is 0 Å². The van der Waals surface area contributed by atoms with Crippen LogP contribution in [0.15, 0.2) is 49.6 Å². The van der Waals surface area contributed by atoms with Crippen LogP contribution in [-0.2, 0) is 19.5 Å². The predicted molar refractivity (Wildman–Crippen MR) is 270 cm³/mol. The average Bonchev–Trinajstić information content (AvgIpc) is 4.01. The summed E-state index contributed by atoms with van der Waals surface area (Å²) < 4.78 is 3.80. The molecule has 0 aliphatic rings. The summed E-state index contributed by atoms with van der Waals surface area (Å²) in [5.74, 6) is 1.77. The van der Waals surface area contributed by atoms with Crippen molar-refractivity contribution in [2.45, 2.75) is 219 Å². The molecule has 0 bridgehead atoms. The summed E-state index contributed by atoms with van der Waals surface area (Å²) in [6.45, 7) is 50.2. The van der Waals surface area contributed by atoms with Gasteiger partial charge in [0.1, 0.15) is 0 Å². The summed E-state index contributed by atoms with van der Waals surface area (Å²) in [6, 6.07) is 0. The molecule has 0 fully saturated rings. The van der Waals surface area contributed by atoms with E-state index in [2.05, 4.69) is 219 Å². The first-order valence-electron chi connectivity index (χ1n) is 22.4. The van der Waals surface area contributed by atoms with Crippen LogP contribution in [0.25, 0.3) is 0 Å². The van der Waals surface area contributed by atoms with Crippen LogP contribution in [0.4, 0.5) is 0 Å². The van der Waals surface area contributed by atoms with E-state index in [1.54, 1.807) is 37.2 Å². The molecule has 370 valence electrons. The van der Waals surface area contributed by atoms with Gasteiger partial charge in [-0.15, -0.1) is 10.2 Å². The Balaban J connectivity index is -0.000000161. The Morgan fingerprint density at radius 3 is 0.778 bits per heavy atom. The molecule has 5 heterocycles. The molecule has 0 atom stereocenters. The van der Waals surface area contributed by atoms with Crippen molar-refractivity contribution in [2.75, 3.05) is 0 Å². The standard InChI is InChI=1S/C15H26N6.2C6H14.2C5H12.C3H8.3C2H3N3.2CH4/c1-14(2,3)10-20-8-12(16-18-20)7-13-9-21(19-17-13)11-15(4,5)6;2*1-5-6(2,3)4;2*1-4-5(2)3;1-3-2;3*1-2-4-5-3-1;;/h8-9H,7,10-11H2,1-6H3;2*5H2,1-4H3;2*5H,4H2,1-3H3;3H2,1-2H3;3*1-2H,(H,3,4,5);2*1H4. The molecule has 5 aromatic heterocycles. The van der Waals surface area contributed by atoms with Crippen LogP contribution in [0.2, 0.25) is 0 Å². The minimum Gasteiger partial charge on any atom is -0.252 e. The highest BCUT2D eigenvalue weighted by Gasteiger charge is 2.15. The second kappa shape index (κ2) is 41.7. The van der Waals surface area contributed by atoms with Crippen molar-refractivity contribution in [1.29, 1.82) is 0 Å². The Bertz CT molecular complexity index is 1310. The van der Waals surface area contributed by atoms with Gasteiger partial charge in [-0.05, 0) is 33.5 Å². The number of aromatic amines is 3. The fraction of sp³-hybridized carbons (Fsp3) is 0.792. The van der Waals surface area contributed by atoms with E-state index in [4.69, 9.17) is 0 Å². The Hall–Kier alpha value is -4.30. The van der Waals surface area contributed by atoms with Crippen molar-refractivity contribution < 1.29 is 0 Å². The van der Waals surface area contributed by atoms with Gasteiger partial charge in [-0.3, -0.25) is 9.36 Å². The van der Waals surface area contributed by atoms with Gasteiger partial charge >= 0.3 is 0 Å². The molecule has 63 heavy (non-hydrogen) atoms. The van der Waals surface area contributed by atoms with Gasteiger partial charge in [-0.1, -0.05) is 210 Å². The Labute approximate surface area is 388 Å². The van der Waals surface area contributed by atoms with Gasteiger partial charge in [-0.2, -0.15) is 46.2 Å². The molecule has 5 rings (SSSR count). The lowest BCUT2D eigenvalue weighted by Gasteiger charge is -2.16. The molecule has 0 aliphatic carbocycles. The summed E-state index contributed by atoms with van der Waals surface area (Å²) in [7, 11) is 0. The van der Waals surface area contributed by atoms with Crippen LogP contribution in [0.1, 0.15) is 211 Å². The van der Waals surface area contributed by atoms with Gasteiger partial charge < -0.3 is 0 Å². The molecule has 15 nitrogen and oxygen atoms in total. The normalized spacial score (nSPS) is 10.3. The Morgan fingerprint density at radius 1 is 0.444 bits per heavy atom. The molecule has 0 saturated heterocycles. The molecule has 0 aliphatic heterocycles. The second-order valence-corrected chi connectivity index (χ2v) is 20.2. The van der Waals surface area contributed by atoms with E-state index in [0.717, 1.165) is 36.3 Å². The fourth-order valence-corrected chi connectivity index (χ4v) is 2.65. The monoisotopic (exact) mass is 890 g/mol. The first-order valence-corrected chi connectivity index (χ1v) is 22.4. The molecule has 0 radical (unpaired) electrons. The Morgan fingerprint density at radius 2 is 0.651 bits per heavy atom. The maximum atomic E-state index is 4.22. The van der Waals surface area contributed by atoms with Crippen LogP contribution in [0.3, 0.4) is 0 Å². The van der Waals surface area contributed by atoms with Crippen molar-refractivity contribution in [3.05, 3.63) is 61.0 Å². The average molecular weight is 890 g/mol. The number of aromatic nitrogens is 15. The number of nitrogens with one attached hydrogen (secondary N) is 3. The van der Waals surface area contributed by atoms with Crippen molar-refractivity contribution >= 4 is 0 Å².